The van der Waals surface area contributed by atoms with Crippen molar-refractivity contribution in [1.82, 2.24) is 9.78 Å². The molecule has 1 heterocycles. The van der Waals surface area contributed by atoms with Gasteiger partial charge in [-0.3, -0.25) is 4.68 Å². The van der Waals surface area contributed by atoms with E-state index < -0.39 is 0 Å². The van der Waals surface area contributed by atoms with E-state index in [9.17, 15) is 0 Å². The van der Waals surface area contributed by atoms with Gasteiger partial charge >= 0.3 is 0 Å². The van der Waals surface area contributed by atoms with Crippen LogP contribution in [-0.2, 0) is 7.05 Å². The van der Waals surface area contributed by atoms with Crippen LogP contribution in [-0.4, -0.2) is 9.78 Å². The molecule has 0 saturated heterocycles. The largest absolute Gasteiger partial charge is 0.272 e. The van der Waals surface area contributed by atoms with E-state index in [-0.39, 0.29) is 0 Å². The van der Waals surface area contributed by atoms with Gasteiger partial charge < -0.3 is 0 Å². The Morgan fingerprint density at radius 1 is 1.18 bits per heavy atom. The molecule has 3 unspecified atom stereocenters. The van der Waals surface area contributed by atoms with Gasteiger partial charge in [0.05, 0.1) is 0 Å². The molecule has 1 aromatic heterocycles. The Labute approximate surface area is 106 Å². The van der Waals surface area contributed by atoms with Crippen LogP contribution in [0.15, 0.2) is 12.3 Å². The van der Waals surface area contributed by atoms with Gasteiger partial charge in [-0.2, -0.15) is 5.10 Å². The maximum atomic E-state index is 4.28. The second-order valence-corrected chi connectivity index (χ2v) is 5.43. The van der Waals surface area contributed by atoms with Crippen LogP contribution in [0.5, 0.6) is 0 Å². The smallest absolute Gasteiger partial charge is 0.0492 e. The first kappa shape index (κ1) is 14.3. The number of nitrogens with zero attached hydrogens (tertiary/aromatic N) is 2. The topological polar surface area (TPSA) is 17.8 Å². The summed E-state index contributed by atoms with van der Waals surface area (Å²) in [5.41, 5.74) is 1.38. The van der Waals surface area contributed by atoms with E-state index in [2.05, 4.69) is 38.9 Å². The fourth-order valence-electron chi connectivity index (χ4n) is 2.58. The predicted molar refractivity (Wildman–Crippen MR) is 74.1 cm³/mol. The van der Waals surface area contributed by atoms with Crippen molar-refractivity contribution in [2.45, 2.75) is 59.3 Å². The number of hydrogen-bond donors (Lipinski definition) is 0. The number of rotatable bonds is 7. The highest BCUT2D eigenvalue weighted by Gasteiger charge is 2.20. The van der Waals surface area contributed by atoms with Gasteiger partial charge in [-0.05, 0) is 24.3 Å². The van der Waals surface area contributed by atoms with E-state index >= 15 is 0 Å². The normalized spacial score (nSPS) is 16.8. The lowest BCUT2D eigenvalue weighted by Gasteiger charge is -2.24. The number of aromatic nitrogens is 2. The van der Waals surface area contributed by atoms with E-state index in [4.69, 9.17) is 0 Å². The van der Waals surface area contributed by atoms with Crippen molar-refractivity contribution in [3.05, 3.63) is 18.0 Å². The fraction of sp³-hybridized carbons (Fsp3) is 0.800. The predicted octanol–water partition coefficient (Wildman–Crippen LogP) is 4.38. The van der Waals surface area contributed by atoms with Crippen LogP contribution < -0.4 is 0 Å². The van der Waals surface area contributed by atoms with Crippen LogP contribution in [0.3, 0.4) is 0 Å². The average molecular weight is 236 g/mol. The minimum absolute atomic E-state index is 0.622. The summed E-state index contributed by atoms with van der Waals surface area (Å²) in [7, 11) is 2.05. The van der Waals surface area contributed by atoms with Crippen LogP contribution in [0.4, 0.5) is 0 Å². The van der Waals surface area contributed by atoms with Gasteiger partial charge in [0.1, 0.15) is 0 Å². The summed E-state index contributed by atoms with van der Waals surface area (Å²) in [6.07, 6.45) is 7.18. The molecule has 98 valence electrons. The molecule has 0 radical (unpaired) electrons. The van der Waals surface area contributed by atoms with Crippen molar-refractivity contribution >= 4 is 0 Å². The van der Waals surface area contributed by atoms with Crippen LogP contribution in [0.25, 0.3) is 0 Å². The fourth-order valence-corrected chi connectivity index (χ4v) is 2.58. The molecule has 0 aliphatic heterocycles. The molecule has 2 heteroatoms. The monoisotopic (exact) mass is 236 g/mol. The lowest BCUT2D eigenvalue weighted by atomic mass is 9.83. The SMILES string of the molecule is CCC(C)CCC(CC)C(C)c1ccnn1C. The van der Waals surface area contributed by atoms with E-state index in [1.54, 1.807) is 0 Å². The van der Waals surface area contributed by atoms with Crippen molar-refractivity contribution < 1.29 is 0 Å². The Morgan fingerprint density at radius 2 is 1.88 bits per heavy atom. The van der Waals surface area contributed by atoms with E-state index in [0.717, 1.165) is 11.8 Å². The van der Waals surface area contributed by atoms with Gasteiger partial charge in [-0.25, -0.2) is 0 Å². The van der Waals surface area contributed by atoms with Gasteiger partial charge in [0.25, 0.3) is 0 Å². The second kappa shape index (κ2) is 6.83. The zero-order chi connectivity index (χ0) is 12.8. The van der Waals surface area contributed by atoms with E-state index in [1.165, 1.54) is 31.4 Å². The Kier molecular flexibility index (Phi) is 5.73. The molecule has 0 fully saturated rings. The summed E-state index contributed by atoms with van der Waals surface area (Å²) >= 11 is 0. The van der Waals surface area contributed by atoms with Crippen molar-refractivity contribution in [3.63, 3.8) is 0 Å². The van der Waals surface area contributed by atoms with Crippen molar-refractivity contribution in [2.75, 3.05) is 0 Å². The van der Waals surface area contributed by atoms with Gasteiger partial charge in [0.15, 0.2) is 0 Å². The quantitative estimate of drug-likeness (QED) is 0.687. The summed E-state index contributed by atoms with van der Waals surface area (Å²) in [4.78, 5) is 0. The van der Waals surface area contributed by atoms with Gasteiger partial charge in [-0.15, -0.1) is 0 Å². The van der Waals surface area contributed by atoms with Gasteiger partial charge in [-0.1, -0.05) is 47.0 Å². The Hall–Kier alpha value is -0.790. The maximum Gasteiger partial charge on any atom is 0.0492 e. The average Bonchev–Trinajstić information content (AvgIpc) is 2.75. The van der Waals surface area contributed by atoms with Crippen molar-refractivity contribution in [1.29, 1.82) is 0 Å². The molecular formula is C15H28N2. The zero-order valence-corrected chi connectivity index (χ0v) is 12.1. The summed E-state index contributed by atoms with van der Waals surface area (Å²) < 4.78 is 2.02. The molecule has 0 bridgehead atoms. The number of aryl methyl sites for hydroxylation is 1. The molecule has 0 N–H and O–H groups in total. The molecule has 0 aliphatic carbocycles. The van der Waals surface area contributed by atoms with Gasteiger partial charge in [0, 0.05) is 24.9 Å². The molecule has 2 nitrogen and oxygen atoms in total. The third-order valence-electron chi connectivity index (χ3n) is 4.28. The van der Waals surface area contributed by atoms with Crippen LogP contribution in [0, 0.1) is 11.8 Å². The summed E-state index contributed by atoms with van der Waals surface area (Å²) in [6, 6.07) is 2.16. The second-order valence-electron chi connectivity index (χ2n) is 5.43. The van der Waals surface area contributed by atoms with Crippen LogP contribution >= 0.6 is 0 Å². The standard InChI is InChI=1S/C15H28N2/c1-6-12(3)8-9-14(7-2)13(4)15-10-11-16-17(15)5/h10-14H,6-9H2,1-5H3. The summed E-state index contributed by atoms with van der Waals surface area (Å²) in [6.45, 7) is 9.31. The van der Waals surface area contributed by atoms with Crippen LogP contribution in [0.2, 0.25) is 0 Å². The van der Waals surface area contributed by atoms with E-state index in [1.807, 2.05) is 17.9 Å². The maximum absolute atomic E-state index is 4.28. The summed E-state index contributed by atoms with van der Waals surface area (Å²) in [5.74, 6) is 2.28. The first-order valence-corrected chi connectivity index (χ1v) is 7.07. The Morgan fingerprint density at radius 3 is 2.35 bits per heavy atom. The Balaban J connectivity index is 2.58. The molecule has 17 heavy (non-hydrogen) atoms. The molecule has 0 saturated carbocycles. The molecule has 0 aromatic carbocycles. The zero-order valence-electron chi connectivity index (χ0n) is 12.1. The first-order chi connectivity index (χ1) is 8.10. The highest BCUT2D eigenvalue weighted by molar-refractivity contribution is 5.07. The minimum Gasteiger partial charge on any atom is -0.272 e. The molecule has 1 rings (SSSR count). The molecule has 0 spiro atoms. The van der Waals surface area contributed by atoms with Crippen LogP contribution in [0.1, 0.15) is 65.0 Å². The molecule has 0 aliphatic rings. The van der Waals surface area contributed by atoms with Gasteiger partial charge in [0.2, 0.25) is 0 Å². The third-order valence-corrected chi connectivity index (χ3v) is 4.28. The van der Waals surface area contributed by atoms with Crippen molar-refractivity contribution in [3.8, 4) is 0 Å². The molecule has 3 atom stereocenters. The third kappa shape index (κ3) is 3.86. The first-order valence-electron chi connectivity index (χ1n) is 7.07. The lowest BCUT2D eigenvalue weighted by Crippen LogP contribution is -2.14. The molecule has 0 amide bonds. The number of hydrogen-bond acceptors (Lipinski definition) is 1. The minimum atomic E-state index is 0.622. The van der Waals surface area contributed by atoms with Crippen molar-refractivity contribution in [2.24, 2.45) is 18.9 Å². The highest BCUT2D eigenvalue weighted by atomic mass is 15.3. The van der Waals surface area contributed by atoms with E-state index in [0.29, 0.717) is 5.92 Å². The molecule has 1 aromatic rings. The lowest BCUT2D eigenvalue weighted by molar-refractivity contribution is 0.344. The summed E-state index contributed by atoms with van der Waals surface area (Å²) in [5, 5.41) is 4.28. The Bertz CT molecular complexity index is 316. The highest BCUT2D eigenvalue weighted by Crippen LogP contribution is 2.31. The molecular weight excluding hydrogens is 208 g/mol.